The Labute approximate surface area is 163 Å². The van der Waals surface area contributed by atoms with Crippen molar-refractivity contribution in [1.29, 1.82) is 0 Å². The minimum Gasteiger partial charge on any atom is -0.383 e. The number of amides is 1. The Bertz CT molecular complexity index is 1060. The van der Waals surface area contributed by atoms with Crippen molar-refractivity contribution in [1.82, 2.24) is 20.3 Å². The summed E-state index contributed by atoms with van der Waals surface area (Å²) in [6.07, 6.45) is 8.06. The highest BCUT2D eigenvalue weighted by Gasteiger charge is 2.07. The molecular weight excluding hydrogens is 350 g/mol. The third-order valence-corrected chi connectivity index (χ3v) is 4.60. The van der Waals surface area contributed by atoms with E-state index in [9.17, 15) is 4.79 Å². The highest BCUT2D eigenvalue weighted by atomic mass is 16.1. The molecule has 6 nitrogen and oxygen atoms in total. The number of H-pyrrole nitrogens is 1. The van der Waals surface area contributed by atoms with Gasteiger partial charge in [0.15, 0.2) is 0 Å². The lowest BCUT2D eigenvalue weighted by Crippen LogP contribution is -2.23. The quantitative estimate of drug-likeness (QED) is 0.464. The molecule has 0 unspecified atom stereocenters. The number of benzene rings is 1. The maximum Gasteiger partial charge on any atom is 0.270 e. The summed E-state index contributed by atoms with van der Waals surface area (Å²) < 4.78 is 0. The van der Waals surface area contributed by atoms with Crippen LogP contribution in [0.1, 0.15) is 21.6 Å². The zero-order chi connectivity index (χ0) is 19.2. The van der Waals surface area contributed by atoms with Crippen molar-refractivity contribution in [3.8, 4) is 0 Å². The topological polar surface area (TPSA) is 82.7 Å². The van der Waals surface area contributed by atoms with Gasteiger partial charge in [-0.1, -0.05) is 18.2 Å². The van der Waals surface area contributed by atoms with Crippen LogP contribution in [0, 0.1) is 0 Å². The molecule has 0 aliphatic carbocycles. The van der Waals surface area contributed by atoms with Gasteiger partial charge in [0.2, 0.25) is 0 Å². The van der Waals surface area contributed by atoms with E-state index < -0.39 is 0 Å². The minimum absolute atomic E-state index is 0.192. The zero-order valence-electron chi connectivity index (χ0n) is 15.4. The van der Waals surface area contributed by atoms with E-state index in [1.807, 2.05) is 24.3 Å². The summed E-state index contributed by atoms with van der Waals surface area (Å²) in [6, 6.07) is 15.6. The molecule has 0 fully saturated rings. The van der Waals surface area contributed by atoms with Crippen molar-refractivity contribution < 1.29 is 4.79 Å². The zero-order valence-corrected chi connectivity index (χ0v) is 15.4. The normalized spacial score (nSPS) is 10.7. The second-order valence-corrected chi connectivity index (χ2v) is 6.51. The maximum atomic E-state index is 12.2. The van der Waals surface area contributed by atoms with Gasteiger partial charge in [0.25, 0.3) is 5.91 Å². The van der Waals surface area contributed by atoms with Crippen LogP contribution in [0.25, 0.3) is 10.9 Å². The predicted molar refractivity (Wildman–Crippen MR) is 110 cm³/mol. The molecule has 3 heterocycles. The molecule has 28 heavy (non-hydrogen) atoms. The van der Waals surface area contributed by atoms with E-state index in [2.05, 4.69) is 50.0 Å². The van der Waals surface area contributed by atoms with Crippen LogP contribution in [0.3, 0.4) is 0 Å². The van der Waals surface area contributed by atoms with Gasteiger partial charge in [-0.15, -0.1) is 0 Å². The number of para-hydroxylation sites is 1. The monoisotopic (exact) mass is 371 g/mol. The Morgan fingerprint density at radius 1 is 1.04 bits per heavy atom. The van der Waals surface area contributed by atoms with E-state index in [-0.39, 0.29) is 5.91 Å². The largest absolute Gasteiger partial charge is 0.383 e. The van der Waals surface area contributed by atoms with Crippen LogP contribution in [0.15, 0.2) is 73.3 Å². The summed E-state index contributed by atoms with van der Waals surface area (Å²) in [5, 5.41) is 7.47. The van der Waals surface area contributed by atoms with Crippen LogP contribution >= 0.6 is 0 Å². The molecule has 4 rings (SSSR count). The van der Waals surface area contributed by atoms with Crippen LogP contribution in [0.5, 0.6) is 0 Å². The van der Waals surface area contributed by atoms with Gasteiger partial charge < -0.3 is 15.6 Å². The average Bonchev–Trinajstić information content (AvgIpc) is 3.16. The first-order chi connectivity index (χ1) is 13.8. The number of anilines is 1. The first-order valence-corrected chi connectivity index (χ1v) is 9.21. The molecule has 0 atom stereocenters. The Morgan fingerprint density at radius 2 is 1.89 bits per heavy atom. The smallest absolute Gasteiger partial charge is 0.270 e. The van der Waals surface area contributed by atoms with Gasteiger partial charge in [-0.3, -0.25) is 9.78 Å². The summed E-state index contributed by atoms with van der Waals surface area (Å²) in [7, 11) is 0. The summed E-state index contributed by atoms with van der Waals surface area (Å²) in [5.74, 6) is -0.192. The Balaban J connectivity index is 1.29. The molecule has 4 aromatic rings. The van der Waals surface area contributed by atoms with E-state index in [1.54, 1.807) is 24.7 Å². The predicted octanol–water partition coefficient (Wildman–Crippen LogP) is 3.54. The van der Waals surface area contributed by atoms with Crippen LogP contribution in [0.2, 0.25) is 0 Å². The number of hydrogen-bond acceptors (Lipinski definition) is 4. The molecule has 0 bridgehead atoms. The van der Waals surface area contributed by atoms with Crippen LogP contribution in [-0.2, 0) is 13.0 Å². The van der Waals surface area contributed by atoms with Gasteiger partial charge in [-0.2, -0.15) is 0 Å². The third kappa shape index (κ3) is 4.17. The second kappa shape index (κ2) is 8.35. The number of aromatic amines is 1. The standard InChI is InChI=1S/C22H21N5O/c28-22(27-13-16-7-10-23-11-8-16)21-6-5-18(15-26-21)24-12-9-17-14-25-20-4-2-1-3-19(17)20/h1-8,10-11,14-15,24-25H,9,12-13H2,(H,27,28). The van der Waals surface area contributed by atoms with Crippen molar-refractivity contribution in [2.45, 2.75) is 13.0 Å². The summed E-state index contributed by atoms with van der Waals surface area (Å²) in [4.78, 5) is 23.7. The van der Waals surface area contributed by atoms with Gasteiger partial charge in [-0.05, 0) is 47.9 Å². The number of pyridine rings is 2. The average molecular weight is 371 g/mol. The lowest BCUT2D eigenvalue weighted by molar-refractivity contribution is 0.0946. The highest BCUT2D eigenvalue weighted by Crippen LogP contribution is 2.18. The number of aromatic nitrogens is 3. The van der Waals surface area contributed by atoms with Gasteiger partial charge >= 0.3 is 0 Å². The lowest BCUT2D eigenvalue weighted by Gasteiger charge is -2.08. The van der Waals surface area contributed by atoms with Crippen molar-refractivity contribution in [2.75, 3.05) is 11.9 Å². The molecule has 0 saturated carbocycles. The molecule has 0 radical (unpaired) electrons. The Kier molecular flexibility index (Phi) is 5.29. The number of carbonyl (C=O) groups is 1. The fourth-order valence-electron chi connectivity index (χ4n) is 3.09. The fourth-order valence-corrected chi connectivity index (χ4v) is 3.09. The molecule has 140 valence electrons. The van der Waals surface area contributed by atoms with Crippen molar-refractivity contribution in [3.05, 3.63) is 90.1 Å². The molecule has 0 aliphatic heterocycles. The van der Waals surface area contributed by atoms with Gasteiger partial charge in [-0.25, -0.2) is 4.98 Å². The van der Waals surface area contributed by atoms with Crippen LogP contribution in [0.4, 0.5) is 5.69 Å². The minimum atomic E-state index is -0.192. The van der Waals surface area contributed by atoms with E-state index in [0.29, 0.717) is 12.2 Å². The van der Waals surface area contributed by atoms with E-state index in [1.165, 1.54) is 10.9 Å². The van der Waals surface area contributed by atoms with Crippen LogP contribution < -0.4 is 10.6 Å². The molecule has 1 aromatic carbocycles. The van der Waals surface area contributed by atoms with Crippen LogP contribution in [-0.4, -0.2) is 27.4 Å². The summed E-state index contributed by atoms with van der Waals surface area (Å²) >= 11 is 0. The first-order valence-electron chi connectivity index (χ1n) is 9.21. The molecule has 0 aliphatic rings. The molecule has 6 heteroatoms. The molecule has 0 spiro atoms. The number of hydrogen-bond donors (Lipinski definition) is 3. The van der Waals surface area contributed by atoms with Crippen molar-refractivity contribution in [3.63, 3.8) is 0 Å². The molecular formula is C22H21N5O. The first kappa shape index (κ1) is 17.7. The number of rotatable bonds is 7. The summed E-state index contributed by atoms with van der Waals surface area (Å²) in [6.45, 7) is 1.24. The molecule has 0 saturated heterocycles. The Morgan fingerprint density at radius 3 is 2.71 bits per heavy atom. The third-order valence-electron chi connectivity index (χ3n) is 4.60. The van der Waals surface area contributed by atoms with Gasteiger partial charge in [0, 0.05) is 42.6 Å². The fraction of sp³-hybridized carbons (Fsp3) is 0.136. The highest BCUT2D eigenvalue weighted by molar-refractivity contribution is 5.92. The van der Waals surface area contributed by atoms with Crippen molar-refractivity contribution >= 4 is 22.5 Å². The van der Waals surface area contributed by atoms with Crippen molar-refractivity contribution in [2.24, 2.45) is 0 Å². The number of nitrogens with zero attached hydrogens (tertiary/aromatic N) is 2. The second-order valence-electron chi connectivity index (χ2n) is 6.51. The SMILES string of the molecule is O=C(NCc1ccncc1)c1ccc(NCCc2c[nH]c3ccccc23)cn1. The van der Waals surface area contributed by atoms with E-state index >= 15 is 0 Å². The van der Waals surface area contributed by atoms with Gasteiger partial charge in [0.1, 0.15) is 5.69 Å². The molecule has 3 N–H and O–H groups in total. The Hall–Kier alpha value is -3.67. The van der Waals surface area contributed by atoms with E-state index in [4.69, 9.17) is 0 Å². The number of carbonyl (C=O) groups excluding carboxylic acids is 1. The number of fused-ring (bicyclic) bond motifs is 1. The van der Waals surface area contributed by atoms with E-state index in [0.717, 1.165) is 29.7 Å². The van der Waals surface area contributed by atoms with Gasteiger partial charge in [0.05, 0.1) is 11.9 Å². The number of nitrogens with one attached hydrogen (secondary N) is 3. The molecule has 1 amide bonds. The lowest BCUT2D eigenvalue weighted by atomic mass is 10.1. The summed E-state index contributed by atoms with van der Waals surface area (Å²) in [5.41, 5.74) is 4.73. The molecule has 3 aromatic heterocycles. The maximum absolute atomic E-state index is 12.2.